The van der Waals surface area contributed by atoms with Crippen molar-refractivity contribution in [2.75, 3.05) is 0 Å². The lowest BCUT2D eigenvalue weighted by Crippen LogP contribution is -2.23. The lowest BCUT2D eigenvalue weighted by Gasteiger charge is -2.05. The molecule has 0 radical (unpaired) electrons. The van der Waals surface area contributed by atoms with E-state index in [-0.39, 0.29) is 11.3 Å². The number of hydrogen-bond acceptors (Lipinski definition) is 3. The van der Waals surface area contributed by atoms with Gasteiger partial charge in [0.15, 0.2) is 0 Å². The molecule has 1 aromatic heterocycles. The molecule has 0 aliphatic carbocycles. The Bertz CT molecular complexity index is 525. The van der Waals surface area contributed by atoms with Gasteiger partial charge in [-0.05, 0) is 23.6 Å². The van der Waals surface area contributed by atoms with E-state index in [1.54, 1.807) is 0 Å². The zero-order chi connectivity index (χ0) is 12.3. The lowest BCUT2D eigenvalue weighted by molar-refractivity contribution is 0.0947. The molecular weight excluding hydrogens is 241 g/mol. The average molecular weight is 251 g/mol. The van der Waals surface area contributed by atoms with E-state index < -0.39 is 11.7 Å². The molecule has 0 aliphatic rings. The second-order valence-corrected chi connectivity index (χ2v) is 4.46. The van der Waals surface area contributed by atoms with Crippen molar-refractivity contribution in [1.29, 1.82) is 0 Å². The van der Waals surface area contributed by atoms with Gasteiger partial charge in [-0.1, -0.05) is 6.07 Å². The molecule has 0 atom stereocenters. The third kappa shape index (κ3) is 2.82. The fourth-order valence-electron chi connectivity index (χ4n) is 1.36. The number of phenols is 1. The van der Waals surface area contributed by atoms with Crippen LogP contribution in [0, 0.1) is 5.82 Å². The van der Waals surface area contributed by atoms with Crippen molar-refractivity contribution in [2.24, 2.45) is 0 Å². The predicted molar refractivity (Wildman–Crippen MR) is 63.6 cm³/mol. The van der Waals surface area contributed by atoms with Gasteiger partial charge in [0, 0.05) is 10.9 Å². The van der Waals surface area contributed by atoms with Crippen molar-refractivity contribution in [1.82, 2.24) is 5.32 Å². The van der Waals surface area contributed by atoms with E-state index in [1.165, 1.54) is 23.5 Å². The standard InChI is InChI=1S/C12H10FNO2S/c13-11-6-8(15)3-4-10(11)12(16)14-7-9-2-1-5-17-9/h1-6,15H,7H2,(H,14,16). The molecule has 0 fully saturated rings. The molecule has 2 N–H and O–H groups in total. The number of rotatable bonds is 3. The van der Waals surface area contributed by atoms with Gasteiger partial charge in [-0.2, -0.15) is 0 Å². The summed E-state index contributed by atoms with van der Waals surface area (Å²) >= 11 is 1.52. The number of thiophene rings is 1. The number of hydrogen-bond donors (Lipinski definition) is 2. The van der Waals surface area contributed by atoms with Gasteiger partial charge in [0.2, 0.25) is 0 Å². The minimum absolute atomic E-state index is 0.0700. The molecule has 0 saturated carbocycles. The smallest absolute Gasteiger partial charge is 0.254 e. The number of benzene rings is 1. The Labute approximate surface area is 102 Å². The molecule has 3 nitrogen and oxygen atoms in total. The highest BCUT2D eigenvalue weighted by molar-refractivity contribution is 7.09. The Kier molecular flexibility index (Phi) is 3.39. The Morgan fingerprint density at radius 2 is 2.24 bits per heavy atom. The van der Waals surface area contributed by atoms with E-state index in [4.69, 9.17) is 5.11 Å². The predicted octanol–water partition coefficient (Wildman–Crippen LogP) is 2.52. The van der Waals surface area contributed by atoms with Gasteiger partial charge < -0.3 is 10.4 Å². The van der Waals surface area contributed by atoms with Crippen LogP contribution in [0.5, 0.6) is 5.75 Å². The van der Waals surface area contributed by atoms with Crippen molar-refractivity contribution in [2.45, 2.75) is 6.54 Å². The summed E-state index contributed by atoms with van der Waals surface area (Å²) in [4.78, 5) is 12.6. The summed E-state index contributed by atoms with van der Waals surface area (Å²) in [5, 5.41) is 13.5. The van der Waals surface area contributed by atoms with Gasteiger partial charge in [-0.3, -0.25) is 4.79 Å². The van der Waals surface area contributed by atoms with Crippen LogP contribution >= 0.6 is 11.3 Å². The number of amides is 1. The fraction of sp³-hybridized carbons (Fsp3) is 0.0833. The number of aromatic hydroxyl groups is 1. The Balaban J connectivity index is 2.04. The van der Waals surface area contributed by atoms with Crippen LogP contribution in [0.2, 0.25) is 0 Å². The van der Waals surface area contributed by atoms with Crippen molar-refractivity contribution in [3.63, 3.8) is 0 Å². The minimum atomic E-state index is -0.728. The van der Waals surface area contributed by atoms with E-state index in [1.807, 2.05) is 17.5 Å². The maximum Gasteiger partial charge on any atom is 0.254 e. The first-order chi connectivity index (χ1) is 8.16. The maximum absolute atomic E-state index is 13.3. The zero-order valence-corrected chi connectivity index (χ0v) is 9.63. The van der Waals surface area contributed by atoms with Crippen LogP contribution in [0.25, 0.3) is 0 Å². The number of carbonyl (C=O) groups is 1. The molecule has 1 aromatic carbocycles. The molecule has 1 heterocycles. The normalized spacial score (nSPS) is 10.2. The average Bonchev–Trinajstić information content (AvgIpc) is 2.78. The van der Waals surface area contributed by atoms with E-state index in [9.17, 15) is 9.18 Å². The highest BCUT2D eigenvalue weighted by Crippen LogP contribution is 2.15. The summed E-state index contributed by atoms with van der Waals surface area (Å²) in [6, 6.07) is 7.23. The van der Waals surface area contributed by atoms with Crippen LogP contribution in [0.15, 0.2) is 35.7 Å². The van der Waals surface area contributed by atoms with Gasteiger partial charge in [0.25, 0.3) is 5.91 Å². The second kappa shape index (κ2) is 4.97. The molecule has 0 unspecified atom stereocenters. The highest BCUT2D eigenvalue weighted by Gasteiger charge is 2.11. The van der Waals surface area contributed by atoms with Gasteiger partial charge in [-0.15, -0.1) is 11.3 Å². The van der Waals surface area contributed by atoms with Gasteiger partial charge in [0.05, 0.1) is 12.1 Å². The monoisotopic (exact) mass is 251 g/mol. The molecule has 17 heavy (non-hydrogen) atoms. The molecule has 2 aromatic rings. The minimum Gasteiger partial charge on any atom is -0.508 e. The van der Waals surface area contributed by atoms with Crippen molar-refractivity contribution >= 4 is 17.2 Å². The third-order valence-electron chi connectivity index (χ3n) is 2.20. The Morgan fingerprint density at radius 1 is 1.41 bits per heavy atom. The number of halogens is 1. The van der Waals surface area contributed by atoms with E-state index in [0.717, 1.165) is 10.9 Å². The van der Waals surface area contributed by atoms with Crippen molar-refractivity contribution in [3.05, 3.63) is 52.0 Å². The first-order valence-corrected chi connectivity index (χ1v) is 5.84. The molecule has 2 rings (SSSR count). The first kappa shape index (κ1) is 11.6. The number of carbonyl (C=O) groups excluding carboxylic acids is 1. The van der Waals surface area contributed by atoms with Crippen LogP contribution in [0.3, 0.4) is 0 Å². The Hall–Kier alpha value is -1.88. The molecule has 0 saturated heterocycles. The van der Waals surface area contributed by atoms with Crippen molar-refractivity contribution < 1.29 is 14.3 Å². The molecule has 1 amide bonds. The van der Waals surface area contributed by atoms with Crippen LogP contribution in [0.1, 0.15) is 15.2 Å². The van der Waals surface area contributed by atoms with E-state index in [2.05, 4.69) is 5.32 Å². The lowest BCUT2D eigenvalue weighted by atomic mass is 10.2. The van der Waals surface area contributed by atoms with Crippen LogP contribution in [-0.4, -0.2) is 11.0 Å². The third-order valence-corrected chi connectivity index (χ3v) is 3.08. The van der Waals surface area contributed by atoms with Crippen LogP contribution in [-0.2, 0) is 6.54 Å². The van der Waals surface area contributed by atoms with Gasteiger partial charge in [0.1, 0.15) is 11.6 Å². The number of nitrogens with one attached hydrogen (secondary N) is 1. The molecule has 0 spiro atoms. The maximum atomic E-state index is 13.3. The van der Waals surface area contributed by atoms with E-state index in [0.29, 0.717) is 6.54 Å². The summed E-state index contributed by atoms with van der Waals surface area (Å²) < 4.78 is 13.3. The molecule has 88 valence electrons. The highest BCUT2D eigenvalue weighted by atomic mass is 32.1. The summed E-state index contributed by atoms with van der Waals surface area (Å²) in [5.74, 6) is -1.41. The van der Waals surface area contributed by atoms with Crippen molar-refractivity contribution in [3.8, 4) is 5.75 Å². The first-order valence-electron chi connectivity index (χ1n) is 4.96. The summed E-state index contributed by atoms with van der Waals surface area (Å²) in [6.07, 6.45) is 0. The topological polar surface area (TPSA) is 49.3 Å². The zero-order valence-electron chi connectivity index (χ0n) is 8.81. The van der Waals surface area contributed by atoms with Gasteiger partial charge >= 0.3 is 0 Å². The van der Waals surface area contributed by atoms with Crippen LogP contribution in [0.4, 0.5) is 4.39 Å². The summed E-state index contributed by atoms with van der Waals surface area (Å²) in [5.41, 5.74) is -0.0700. The molecule has 0 aliphatic heterocycles. The summed E-state index contributed by atoms with van der Waals surface area (Å²) in [6.45, 7) is 0.372. The number of phenolic OH excluding ortho intramolecular Hbond substituents is 1. The second-order valence-electron chi connectivity index (χ2n) is 3.43. The van der Waals surface area contributed by atoms with Gasteiger partial charge in [-0.25, -0.2) is 4.39 Å². The van der Waals surface area contributed by atoms with E-state index >= 15 is 0 Å². The summed E-state index contributed by atoms with van der Waals surface area (Å²) in [7, 11) is 0. The quantitative estimate of drug-likeness (QED) is 0.880. The largest absolute Gasteiger partial charge is 0.508 e. The SMILES string of the molecule is O=C(NCc1cccs1)c1ccc(O)cc1F. The fourth-order valence-corrected chi connectivity index (χ4v) is 2.01. The Morgan fingerprint density at radius 3 is 2.88 bits per heavy atom. The molecule has 0 bridgehead atoms. The van der Waals surface area contributed by atoms with Crippen LogP contribution < -0.4 is 5.32 Å². The molecule has 5 heteroatoms. The molecular formula is C12H10FNO2S.